The maximum absolute atomic E-state index is 13.0. The van der Waals surface area contributed by atoms with Crippen LogP contribution in [0.2, 0.25) is 0 Å². The molecule has 266 valence electrons. The van der Waals surface area contributed by atoms with Crippen molar-refractivity contribution in [1.29, 1.82) is 0 Å². The Hall–Kier alpha value is -3.75. The highest BCUT2D eigenvalue weighted by Gasteiger charge is 2.30. The molecule has 0 aromatic heterocycles. The van der Waals surface area contributed by atoms with E-state index in [1.54, 1.807) is 79.3 Å². The van der Waals surface area contributed by atoms with Gasteiger partial charge in [-0.1, -0.05) is 12.1 Å². The van der Waals surface area contributed by atoms with Gasteiger partial charge in [-0.25, -0.2) is 0 Å². The zero-order valence-corrected chi connectivity index (χ0v) is 29.2. The third kappa shape index (κ3) is 20.2. The molecule has 0 saturated heterocycles. The number of rotatable bonds is 18. The van der Waals surface area contributed by atoms with Crippen molar-refractivity contribution in [1.82, 2.24) is 14.7 Å². The number of carbonyl (C=O) groups is 5. The lowest BCUT2D eigenvalue weighted by molar-refractivity contribution is -0.159. The third-order valence-electron chi connectivity index (χ3n) is 6.12. The number of ether oxygens (including phenoxy) is 3. The first-order chi connectivity index (χ1) is 21.4. The fourth-order valence-corrected chi connectivity index (χ4v) is 4.57. The summed E-state index contributed by atoms with van der Waals surface area (Å²) in [6.07, 6.45) is 0.220. The molecule has 0 bridgehead atoms. The van der Waals surface area contributed by atoms with E-state index in [2.05, 4.69) is 0 Å². The molecular weight excluding hydrogens is 614 g/mol. The predicted octanol–water partition coefficient (Wildman–Crippen LogP) is 2.40. The maximum atomic E-state index is 13.0. The number of nitrogens with zero attached hydrogens (tertiary/aromatic N) is 3. The molecule has 1 aromatic carbocycles. The average Bonchev–Trinajstić information content (AvgIpc) is 2.83. The van der Waals surface area contributed by atoms with Crippen molar-refractivity contribution < 1.29 is 53.5 Å². The van der Waals surface area contributed by atoms with E-state index in [9.17, 15) is 39.3 Å². The Balaban J connectivity index is 3.48. The van der Waals surface area contributed by atoms with E-state index in [0.29, 0.717) is 0 Å². The zero-order chi connectivity index (χ0) is 36.2. The molecule has 0 radical (unpaired) electrons. The Morgan fingerprint density at radius 1 is 0.617 bits per heavy atom. The van der Waals surface area contributed by atoms with Gasteiger partial charge in [0, 0.05) is 25.7 Å². The zero-order valence-electron chi connectivity index (χ0n) is 29.2. The molecule has 1 rings (SSSR count). The molecule has 14 nitrogen and oxygen atoms in total. The molecule has 0 aliphatic carbocycles. The number of hydrogen-bond acceptors (Lipinski definition) is 12. The molecule has 0 spiro atoms. The Kier molecular flexibility index (Phi) is 15.8. The number of aromatic hydroxyl groups is 1. The van der Waals surface area contributed by atoms with Gasteiger partial charge in [0.1, 0.15) is 22.6 Å². The van der Waals surface area contributed by atoms with E-state index in [4.69, 9.17) is 14.2 Å². The Bertz CT molecular complexity index is 1200. The lowest BCUT2D eigenvalue weighted by Crippen LogP contribution is -2.52. The number of hydrogen-bond donors (Lipinski definition) is 3. The van der Waals surface area contributed by atoms with Crippen LogP contribution in [0.15, 0.2) is 24.3 Å². The van der Waals surface area contributed by atoms with Gasteiger partial charge in [-0.2, -0.15) is 0 Å². The second-order valence-corrected chi connectivity index (χ2v) is 14.4. The molecule has 0 aliphatic rings. The maximum Gasteiger partial charge on any atom is 0.320 e. The molecule has 0 fully saturated rings. The number of phenols is 1. The van der Waals surface area contributed by atoms with Crippen molar-refractivity contribution in [2.75, 3.05) is 52.4 Å². The van der Waals surface area contributed by atoms with Crippen LogP contribution in [0.25, 0.3) is 0 Å². The molecule has 0 aliphatic heterocycles. The van der Waals surface area contributed by atoms with Gasteiger partial charge < -0.3 is 29.5 Å². The van der Waals surface area contributed by atoms with Gasteiger partial charge in [-0.15, -0.1) is 0 Å². The fraction of sp³-hybridized carbons (Fsp3) is 0.667. The standard InChI is InChI=1S/C33H53N3O11/c1-31(2,3)45-28(42)20-34(14-15-35(18-26(38)39)21-29(43)46-32(4,5)6)17-24(16-23-10-12-25(37)13-11-23)36(19-27(40)41)22-30(44)47-33(7,8)9/h10-13,24,37H,14-22H2,1-9H3,(H,38,39)(H,40,41). The fourth-order valence-electron chi connectivity index (χ4n) is 4.57. The van der Waals surface area contributed by atoms with Crippen LogP contribution in [-0.4, -0.2) is 135 Å². The first-order valence-corrected chi connectivity index (χ1v) is 15.5. The monoisotopic (exact) mass is 667 g/mol. The van der Waals surface area contributed by atoms with Gasteiger partial charge in [0.2, 0.25) is 0 Å². The van der Waals surface area contributed by atoms with Gasteiger partial charge in [0.15, 0.2) is 0 Å². The number of carboxylic acids is 2. The first kappa shape index (κ1) is 41.3. The van der Waals surface area contributed by atoms with E-state index in [1.165, 1.54) is 21.9 Å². The molecular formula is C33H53N3O11. The van der Waals surface area contributed by atoms with E-state index < -0.39 is 65.8 Å². The number of carboxylic acid groups (broad SMARTS) is 2. The third-order valence-corrected chi connectivity index (χ3v) is 6.12. The number of aliphatic carboxylic acids is 2. The number of esters is 3. The summed E-state index contributed by atoms with van der Waals surface area (Å²) >= 11 is 0. The molecule has 1 unspecified atom stereocenters. The van der Waals surface area contributed by atoms with Crippen molar-refractivity contribution in [2.24, 2.45) is 0 Å². The van der Waals surface area contributed by atoms with Crippen LogP contribution >= 0.6 is 0 Å². The molecule has 1 atom stereocenters. The van der Waals surface area contributed by atoms with Crippen molar-refractivity contribution in [3.05, 3.63) is 29.8 Å². The highest BCUT2D eigenvalue weighted by atomic mass is 16.6. The van der Waals surface area contributed by atoms with E-state index in [-0.39, 0.29) is 51.4 Å². The summed E-state index contributed by atoms with van der Waals surface area (Å²) in [7, 11) is 0. The summed E-state index contributed by atoms with van der Waals surface area (Å²) in [6, 6.07) is 5.64. The largest absolute Gasteiger partial charge is 0.508 e. The normalized spacial score (nSPS) is 13.0. The van der Waals surface area contributed by atoms with Gasteiger partial charge in [-0.05, 0) is 86.4 Å². The van der Waals surface area contributed by atoms with Gasteiger partial charge in [0.05, 0.1) is 32.7 Å². The quantitative estimate of drug-likeness (QED) is 0.153. The molecule has 0 heterocycles. The Morgan fingerprint density at radius 3 is 1.45 bits per heavy atom. The summed E-state index contributed by atoms with van der Waals surface area (Å²) < 4.78 is 16.4. The highest BCUT2D eigenvalue weighted by Crippen LogP contribution is 2.17. The predicted molar refractivity (Wildman–Crippen MR) is 173 cm³/mol. The summed E-state index contributed by atoms with van der Waals surface area (Å²) in [5, 5.41) is 29.1. The van der Waals surface area contributed by atoms with Crippen LogP contribution in [-0.2, 0) is 44.6 Å². The summed E-state index contributed by atoms with van der Waals surface area (Å²) in [5.41, 5.74) is -1.67. The average molecular weight is 668 g/mol. The minimum atomic E-state index is -1.19. The summed E-state index contributed by atoms with van der Waals surface area (Å²) in [5.74, 6) is -4.15. The van der Waals surface area contributed by atoms with E-state index in [0.717, 1.165) is 5.56 Å². The van der Waals surface area contributed by atoms with Crippen LogP contribution in [0.4, 0.5) is 0 Å². The molecule has 1 aromatic rings. The van der Waals surface area contributed by atoms with Crippen molar-refractivity contribution in [3.8, 4) is 5.75 Å². The first-order valence-electron chi connectivity index (χ1n) is 15.5. The SMILES string of the molecule is CC(C)(C)OC(=O)CN(CCN(CC(=O)OC(C)(C)C)CC(Cc1ccc(O)cc1)N(CC(=O)O)CC(=O)OC(C)(C)C)CC(=O)O. The summed E-state index contributed by atoms with van der Waals surface area (Å²) in [4.78, 5) is 66.6. The minimum Gasteiger partial charge on any atom is -0.508 e. The van der Waals surface area contributed by atoms with Crippen LogP contribution < -0.4 is 0 Å². The van der Waals surface area contributed by atoms with Gasteiger partial charge >= 0.3 is 29.8 Å². The molecule has 0 saturated carbocycles. The van der Waals surface area contributed by atoms with Crippen molar-refractivity contribution in [3.63, 3.8) is 0 Å². The van der Waals surface area contributed by atoms with Crippen LogP contribution in [0.3, 0.4) is 0 Å². The van der Waals surface area contributed by atoms with E-state index >= 15 is 0 Å². The van der Waals surface area contributed by atoms with Crippen molar-refractivity contribution in [2.45, 2.75) is 91.6 Å². The number of phenolic OH excluding ortho intramolecular Hbond substituents is 1. The molecule has 47 heavy (non-hydrogen) atoms. The number of carbonyl (C=O) groups excluding carboxylic acids is 3. The van der Waals surface area contributed by atoms with Gasteiger partial charge in [0.25, 0.3) is 0 Å². The minimum absolute atomic E-state index is 0.0330. The van der Waals surface area contributed by atoms with Crippen LogP contribution in [0, 0.1) is 0 Å². The Labute approximate surface area is 277 Å². The van der Waals surface area contributed by atoms with E-state index in [1.807, 2.05) is 0 Å². The highest BCUT2D eigenvalue weighted by molar-refractivity contribution is 5.75. The molecule has 3 N–H and O–H groups in total. The summed E-state index contributed by atoms with van der Waals surface area (Å²) in [6.45, 7) is 13.6. The number of benzene rings is 1. The van der Waals surface area contributed by atoms with Gasteiger partial charge in [-0.3, -0.25) is 38.7 Å². The molecule has 14 heteroatoms. The lowest BCUT2D eigenvalue weighted by atomic mass is 10.0. The lowest BCUT2D eigenvalue weighted by Gasteiger charge is -2.35. The Morgan fingerprint density at radius 2 is 1.02 bits per heavy atom. The van der Waals surface area contributed by atoms with Crippen LogP contribution in [0.5, 0.6) is 5.75 Å². The molecule has 0 amide bonds. The van der Waals surface area contributed by atoms with Crippen molar-refractivity contribution >= 4 is 29.8 Å². The van der Waals surface area contributed by atoms with Crippen LogP contribution in [0.1, 0.15) is 67.9 Å². The topological polar surface area (TPSA) is 183 Å². The second kappa shape index (κ2) is 18.0. The second-order valence-electron chi connectivity index (χ2n) is 14.4. The smallest absolute Gasteiger partial charge is 0.320 e.